The van der Waals surface area contributed by atoms with E-state index in [2.05, 4.69) is 5.32 Å². The third-order valence-corrected chi connectivity index (χ3v) is 5.24. The number of hydrogen-bond donors (Lipinski definition) is 2. The van der Waals surface area contributed by atoms with Gasteiger partial charge in [-0.05, 0) is 43.9 Å². The van der Waals surface area contributed by atoms with Crippen LogP contribution in [0.1, 0.15) is 44.9 Å². The van der Waals surface area contributed by atoms with Crippen molar-refractivity contribution < 1.29 is 14.7 Å². The summed E-state index contributed by atoms with van der Waals surface area (Å²) < 4.78 is 0. The van der Waals surface area contributed by atoms with Gasteiger partial charge in [-0.1, -0.05) is 12.8 Å². The molecule has 0 aromatic heterocycles. The number of nitrogens with one attached hydrogen (secondary N) is 1. The second kappa shape index (κ2) is 4.56. The fourth-order valence-corrected chi connectivity index (χ4v) is 4.32. The van der Waals surface area contributed by atoms with Gasteiger partial charge in [0.05, 0.1) is 5.92 Å². The maximum atomic E-state index is 12.1. The van der Waals surface area contributed by atoms with Crippen molar-refractivity contribution in [2.24, 2.45) is 23.7 Å². The molecule has 0 saturated heterocycles. The molecule has 100 valence electrons. The van der Waals surface area contributed by atoms with E-state index in [0.717, 1.165) is 44.9 Å². The van der Waals surface area contributed by atoms with Crippen molar-refractivity contribution in [2.75, 3.05) is 0 Å². The van der Waals surface area contributed by atoms with Gasteiger partial charge in [-0.25, -0.2) is 0 Å². The van der Waals surface area contributed by atoms with E-state index in [0.29, 0.717) is 11.8 Å². The summed E-state index contributed by atoms with van der Waals surface area (Å²) >= 11 is 0. The number of carboxylic acid groups (broad SMARTS) is 1. The van der Waals surface area contributed by atoms with Crippen molar-refractivity contribution >= 4 is 11.9 Å². The average Bonchev–Trinajstić information content (AvgIpc) is 3.05. The lowest BCUT2D eigenvalue weighted by molar-refractivity contribution is -0.145. The van der Waals surface area contributed by atoms with Crippen LogP contribution in [0.15, 0.2) is 0 Å². The molecule has 0 aliphatic heterocycles. The Balaban J connectivity index is 1.67. The van der Waals surface area contributed by atoms with Gasteiger partial charge >= 0.3 is 5.97 Å². The van der Waals surface area contributed by atoms with Gasteiger partial charge in [0.2, 0.25) is 5.91 Å². The zero-order chi connectivity index (χ0) is 12.7. The topological polar surface area (TPSA) is 66.4 Å². The predicted octanol–water partition coefficient (Wildman–Crippen LogP) is 1.79. The number of carbonyl (C=O) groups is 2. The quantitative estimate of drug-likeness (QED) is 0.803. The lowest BCUT2D eigenvalue weighted by atomic mass is 9.84. The lowest BCUT2D eigenvalue weighted by Gasteiger charge is -2.29. The van der Waals surface area contributed by atoms with Crippen LogP contribution in [0.5, 0.6) is 0 Å². The molecule has 4 atom stereocenters. The Hall–Kier alpha value is -1.06. The van der Waals surface area contributed by atoms with Crippen molar-refractivity contribution in [3.8, 4) is 0 Å². The van der Waals surface area contributed by atoms with Crippen LogP contribution in [0.4, 0.5) is 0 Å². The maximum Gasteiger partial charge on any atom is 0.308 e. The predicted molar refractivity (Wildman–Crippen MR) is 65.8 cm³/mol. The molecular formula is C14H21NO3. The average molecular weight is 251 g/mol. The molecular weight excluding hydrogens is 230 g/mol. The van der Waals surface area contributed by atoms with Gasteiger partial charge in [0.15, 0.2) is 0 Å². The Kier molecular flexibility index (Phi) is 3.04. The van der Waals surface area contributed by atoms with E-state index < -0.39 is 5.97 Å². The lowest BCUT2D eigenvalue weighted by Crippen LogP contribution is -2.48. The molecule has 0 aromatic rings. The largest absolute Gasteiger partial charge is 0.481 e. The van der Waals surface area contributed by atoms with Gasteiger partial charge < -0.3 is 10.4 Å². The highest BCUT2D eigenvalue weighted by molar-refractivity contribution is 5.81. The summed E-state index contributed by atoms with van der Waals surface area (Å²) in [6.07, 6.45) is 7.33. The minimum atomic E-state index is -0.723. The smallest absolute Gasteiger partial charge is 0.308 e. The van der Waals surface area contributed by atoms with Crippen molar-refractivity contribution in [3.63, 3.8) is 0 Å². The number of amides is 1. The summed E-state index contributed by atoms with van der Waals surface area (Å²) in [7, 11) is 0. The fraction of sp³-hybridized carbons (Fsp3) is 0.857. The number of rotatable bonds is 3. The SMILES string of the molecule is O=C(NC1C2CCC(C2)C1C(=O)O)C1CCCC1. The molecule has 3 aliphatic carbocycles. The van der Waals surface area contributed by atoms with Crippen LogP contribution in [0.25, 0.3) is 0 Å². The molecule has 0 heterocycles. The first kappa shape index (κ1) is 12.0. The minimum absolute atomic E-state index is 0.102. The maximum absolute atomic E-state index is 12.1. The summed E-state index contributed by atoms with van der Waals surface area (Å²) in [5, 5.41) is 12.4. The highest BCUT2D eigenvalue weighted by Gasteiger charge is 2.51. The molecule has 4 unspecified atom stereocenters. The number of carboxylic acids is 1. The van der Waals surface area contributed by atoms with E-state index in [1.165, 1.54) is 0 Å². The highest BCUT2D eigenvalue weighted by atomic mass is 16.4. The molecule has 3 aliphatic rings. The van der Waals surface area contributed by atoms with E-state index in [-0.39, 0.29) is 23.8 Å². The van der Waals surface area contributed by atoms with Gasteiger partial charge in [-0.3, -0.25) is 9.59 Å². The van der Waals surface area contributed by atoms with Crippen molar-refractivity contribution in [1.82, 2.24) is 5.32 Å². The molecule has 2 N–H and O–H groups in total. The summed E-state index contributed by atoms with van der Waals surface area (Å²) in [4.78, 5) is 23.5. The summed E-state index contributed by atoms with van der Waals surface area (Å²) in [5.74, 6) is -0.120. The van der Waals surface area contributed by atoms with Crippen molar-refractivity contribution in [1.29, 1.82) is 0 Å². The molecule has 0 spiro atoms. The second-order valence-electron chi connectivity index (χ2n) is 6.21. The number of aliphatic carboxylic acids is 1. The van der Waals surface area contributed by atoms with E-state index in [1.54, 1.807) is 0 Å². The normalized spacial score (nSPS) is 39.1. The molecule has 3 saturated carbocycles. The Morgan fingerprint density at radius 2 is 1.67 bits per heavy atom. The summed E-state index contributed by atoms with van der Waals surface area (Å²) in [6.45, 7) is 0. The summed E-state index contributed by atoms with van der Waals surface area (Å²) in [6, 6.07) is -0.102. The van der Waals surface area contributed by atoms with Crippen LogP contribution in [0.2, 0.25) is 0 Å². The monoisotopic (exact) mass is 251 g/mol. The van der Waals surface area contributed by atoms with Gasteiger partial charge in [-0.15, -0.1) is 0 Å². The van der Waals surface area contributed by atoms with E-state index in [1.807, 2.05) is 0 Å². The number of fused-ring (bicyclic) bond motifs is 2. The molecule has 0 aromatic carbocycles. The van der Waals surface area contributed by atoms with Crippen LogP contribution in [-0.2, 0) is 9.59 Å². The highest BCUT2D eigenvalue weighted by Crippen LogP contribution is 2.48. The first-order chi connectivity index (χ1) is 8.66. The first-order valence-corrected chi connectivity index (χ1v) is 7.20. The van der Waals surface area contributed by atoms with Gasteiger partial charge in [0, 0.05) is 12.0 Å². The van der Waals surface area contributed by atoms with Crippen LogP contribution >= 0.6 is 0 Å². The molecule has 1 amide bonds. The standard InChI is InChI=1S/C14H21NO3/c16-13(8-3-1-2-4-8)15-12-10-6-5-9(7-10)11(12)14(17)18/h8-12H,1-7H2,(H,15,16)(H,17,18). The fourth-order valence-electron chi connectivity index (χ4n) is 4.32. The van der Waals surface area contributed by atoms with Gasteiger partial charge in [-0.2, -0.15) is 0 Å². The van der Waals surface area contributed by atoms with E-state index in [4.69, 9.17) is 0 Å². The summed E-state index contributed by atoms with van der Waals surface area (Å²) in [5.41, 5.74) is 0. The van der Waals surface area contributed by atoms with E-state index >= 15 is 0 Å². The molecule has 2 bridgehead atoms. The third-order valence-electron chi connectivity index (χ3n) is 5.24. The Morgan fingerprint density at radius 3 is 2.33 bits per heavy atom. The second-order valence-corrected chi connectivity index (χ2v) is 6.21. The Bertz CT molecular complexity index is 362. The molecule has 3 fully saturated rings. The van der Waals surface area contributed by atoms with Crippen LogP contribution < -0.4 is 5.32 Å². The molecule has 3 rings (SSSR count). The number of hydrogen-bond acceptors (Lipinski definition) is 2. The van der Waals surface area contributed by atoms with Crippen molar-refractivity contribution in [2.45, 2.75) is 51.0 Å². The van der Waals surface area contributed by atoms with Gasteiger partial charge in [0.25, 0.3) is 0 Å². The minimum Gasteiger partial charge on any atom is -0.481 e. The van der Waals surface area contributed by atoms with Crippen LogP contribution in [0.3, 0.4) is 0 Å². The van der Waals surface area contributed by atoms with E-state index in [9.17, 15) is 14.7 Å². The van der Waals surface area contributed by atoms with Crippen molar-refractivity contribution in [3.05, 3.63) is 0 Å². The zero-order valence-electron chi connectivity index (χ0n) is 10.6. The molecule has 4 heteroatoms. The third kappa shape index (κ3) is 1.91. The molecule has 4 nitrogen and oxygen atoms in total. The van der Waals surface area contributed by atoms with Gasteiger partial charge in [0.1, 0.15) is 0 Å². The zero-order valence-corrected chi connectivity index (χ0v) is 10.6. The molecule has 18 heavy (non-hydrogen) atoms. The molecule has 0 radical (unpaired) electrons. The Labute approximate surface area is 107 Å². The number of carbonyl (C=O) groups excluding carboxylic acids is 1. The Morgan fingerprint density at radius 1 is 1.00 bits per heavy atom. The van der Waals surface area contributed by atoms with Crippen LogP contribution in [-0.4, -0.2) is 23.0 Å². The van der Waals surface area contributed by atoms with Crippen LogP contribution in [0, 0.1) is 23.7 Å². The first-order valence-electron chi connectivity index (χ1n) is 7.20.